The van der Waals surface area contributed by atoms with E-state index in [9.17, 15) is 13.5 Å². The third kappa shape index (κ3) is 3.07. The lowest BCUT2D eigenvalue weighted by Gasteiger charge is -2.39. The van der Waals surface area contributed by atoms with Crippen LogP contribution in [0.3, 0.4) is 0 Å². The van der Waals surface area contributed by atoms with Crippen molar-refractivity contribution >= 4 is 21.4 Å². The Balaban J connectivity index is 1.80. The molecule has 3 heterocycles. The van der Waals surface area contributed by atoms with Crippen LogP contribution in [0.5, 0.6) is 0 Å². The molecule has 0 amide bonds. The second-order valence-electron chi connectivity index (χ2n) is 6.25. The molecule has 0 saturated heterocycles. The number of rotatable bonds is 4. The second-order valence-corrected chi connectivity index (χ2v) is 9.14. The van der Waals surface area contributed by atoms with Gasteiger partial charge in [0.05, 0.1) is 17.0 Å². The predicted octanol–water partition coefficient (Wildman–Crippen LogP) is 2.99. The first kappa shape index (κ1) is 17.4. The Morgan fingerprint density at radius 3 is 2.69 bits per heavy atom. The van der Waals surface area contributed by atoms with Crippen molar-refractivity contribution in [2.75, 3.05) is 0 Å². The summed E-state index contributed by atoms with van der Waals surface area (Å²) in [6.07, 6.45) is 2.90. The van der Waals surface area contributed by atoms with E-state index < -0.39 is 22.2 Å². The standard InChI is InChI=1S/C19H18N2O3S2/c22-19-16-7-1-2-8-18(16)26(23,24)21(13-14-5-3-9-20-12-14)17(19)11-15-6-4-10-25-15/h1-10,12,17,19,22H,11,13H2/t17-,19-/m1/s1. The molecule has 2 aromatic heterocycles. The normalized spacial score (nSPS) is 22.0. The average molecular weight is 386 g/mol. The van der Waals surface area contributed by atoms with E-state index in [1.54, 1.807) is 54.1 Å². The van der Waals surface area contributed by atoms with Crippen LogP contribution in [-0.2, 0) is 23.0 Å². The van der Waals surface area contributed by atoms with Crippen molar-refractivity contribution in [1.82, 2.24) is 9.29 Å². The minimum absolute atomic E-state index is 0.178. The molecule has 1 aromatic carbocycles. The molecule has 1 N–H and O–H groups in total. The Morgan fingerprint density at radius 1 is 1.12 bits per heavy atom. The number of aliphatic hydroxyl groups is 1. The summed E-state index contributed by atoms with van der Waals surface area (Å²) >= 11 is 1.56. The van der Waals surface area contributed by atoms with E-state index in [0.717, 1.165) is 10.4 Å². The minimum atomic E-state index is -3.72. The Kier molecular flexibility index (Phi) is 4.62. The maximum absolute atomic E-state index is 13.3. The third-order valence-corrected chi connectivity index (χ3v) is 7.45. The molecular formula is C19H18N2O3S2. The highest BCUT2D eigenvalue weighted by atomic mass is 32.2. The highest BCUT2D eigenvalue weighted by Gasteiger charge is 2.43. The van der Waals surface area contributed by atoms with Crippen LogP contribution < -0.4 is 0 Å². The van der Waals surface area contributed by atoms with Crippen molar-refractivity contribution in [2.24, 2.45) is 0 Å². The fourth-order valence-corrected chi connectivity index (χ4v) is 5.96. The molecule has 3 aromatic rings. The van der Waals surface area contributed by atoms with Crippen molar-refractivity contribution in [2.45, 2.75) is 30.0 Å². The zero-order chi connectivity index (χ0) is 18.1. The maximum atomic E-state index is 13.3. The van der Waals surface area contributed by atoms with Gasteiger partial charge in [0, 0.05) is 35.8 Å². The SMILES string of the molecule is O=S1(=O)c2ccccc2[C@@H](O)[C@@H](Cc2cccs2)N1Cc1cccnc1. The first-order chi connectivity index (χ1) is 12.6. The number of aromatic nitrogens is 1. The van der Waals surface area contributed by atoms with Gasteiger partial charge in [0.15, 0.2) is 0 Å². The smallest absolute Gasteiger partial charge is 0.244 e. The maximum Gasteiger partial charge on any atom is 0.244 e. The Morgan fingerprint density at radius 2 is 1.96 bits per heavy atom. The molecule has 5 nitrogen and oxygen atoms in total. The number of fused-ring (bicyclic) bond motifs is 1. The third-order valence-electron chi connectivity index (χ3n) is 4.61. The largest absolute Gasteiger partial charge is 0.387 e. The molecule has 0 unspecified atom stereocenters. The van der Waals surface area contributed by atoms with Crippen LogP contribution in [0.25, 0.3) is 0 Å². The first-order valence-electron chi connectivity index (χ1n) is 8.27. The van der Waals surface area contributed by atoms with Gasteiger partial charge in [-0.05, 0) is 29.1 Å². The highest BCUT2D eigenvalue weighted by Crippen LogP contribution is 2.39. The van der Waals surface area contributed by atoms with E-state index in [2.05, 4.69) is 4.98 Å². The van der Waals surface area contributed by atoms with Gasteiger partial charge in [-0.25, -0.2) is 8.42 Å². The van der Waals surface area contributed by atoms with Crippen LogP contribution in [0.2, 0.25) is 0 Å². The number of hydrogen-bond donors (Lipinski definition) is 1. The van der Waals surface area contributed by atoms with Gasteiger partial charge >= 0.3 is 0 Å². The highest BCUT2D eigenvalue weighted by molar-refractivity contribution is 7.89. The molecule has 7 heteroatoms. The fourth-order valence-electron chi connectivity index (χ4n) is 3.35. The van der Waals surface area contributed by atoms with Gasteiger partial charge in [-0.15, -0.1) is 11.3 Å². The fraction of sp³-hybridized carbons (Fsp3) is 0.211. The Bertz CT molecular complexity index is 989. The Hall–Kier alpha value is -2.06. The molecule has 0 saturated carbocycles. The van der Waals surface area contributed by atoms with Crippen LogP contribution >= 0.6 is 11.3 Å². The molecule has 0 spiro atoms. The number of aliphatic hydroxyl groups excluding tert-OH is 1. The van der Waals surface area contributed by atoms with Crippen LogP contribution in [0.15, 0.2) is 71.2 Å². The minimum Gasteiger partial charge on any atom is -0.387 e. The van der Waals surface area contributed by atoms with Gasteiger partial charge in [0.2, 0.25) is 10.0 Å². The average Bonchev–Trinajstić information content (AvgIpc) is 3.17. The second kappa shape index (κ2) is 6.92. The van der Waals surface area contributed by atoms with Crippen LogP contribution in [0.1, 0.15) is 22.1 Å². The molecule has 2 atom stereocenters. The van der Waals surface area contributed by atoms with Crippen molar-refractivity contribution in [3.8, 4) is 0 Å². The van der Waals surface area contributed by atoms with Crippen LogP contribution in [0, 0.1) is 0 Å². The molecule has 0 fully saturated rings. The van der Waals surface area contributed by atoms with Gasteiger partial charge in [-0.3, -0.25) is 4.98 Å². The van der Waals surface area contributed by atoms with Crippen molar-refractivity contribution in [1.29, 1.82) is 0 Å². The lowest BCUT2D eigenvalue weighted by Crippen LogP contribution is -2.48. The number of benzene rings is 1. The van der Waals surface area contributed by atoms with Gasteiger partial charge in [-0.1, -0.05) is 30.3 Å². The lowest BCUT2D eigenvalue weighted by molar-refractivity contribution is 0.0773. The van der Waals surface area contributed by atoms with E-state index in [-0.39, 0.29) is 11.4 Å². The van der Waals surface area contributed by atoms with Crippen LogP contribution in [0.4, 0.5) is 0 Å². The van der Waals surface area contributed by atoms with E-state index in [1.165, 1.54) is 4.31 Å². The number of pyridine rings is 1. The monoisotopic (exact) mass is 386 g/mol. The molecule has 1 aliphatic heterocycles. The molecular weight excluding hydrogens is 368 g/mol. The quantitative estimate of drug-likeness (QED) is 0.748. The van der Waals surface area contributed by atoms with Crippen LogP contribution in [-0.4, -0.2) is 28.9 Å². The summed E-state index contributed by atoms with van der Waals surface area (Å²) in [5.41, 5.74) is 1.26. The first-order valence-corrected chi connectivity index (χ1v) is 10.6. The summed E-state index contributed by atoms with van der Waals surface area (Å²) in [6.45, 7) is 0.178. The summed E-state index contributed by atoms with van der Waals surface area (Å²) in [7, 11) is -3.72. The van der Waals surface area contributed by atoms with Crippen molar-refractivity contribution < 1.29 is 13.5 Å². The van der Waals surface area contributed by atoms with Gasteiger partial charge in [0.25, 0.3) is 0 Å². The van der Waals surface area contributed by atoms with E-state index in [0.29, 0.717) is 12.0 Å². The van der Waals surface area contributed by atoms with E-state index in [4.69, 9.17) is 0 Å². The zero-order valence-electron chi connectivity index (χ0n) is 13.9. The zero-order valence-corrected chi connectivity index (χ0v) is 15.5. The number of thiophene rings is 1. The predicted molar refractivity (Wildman–Crippen MR) is 100 cm³/mol. The van der Waals surface area contributed by atoms with Crippen molar-refractivity contribution in [3.63, 3.8) is 0 Å². The summed E-state index contributed by atoms with van der Waals surface area (Å²) < 4.78 is 28.0. The summed E-state index contributed by atoms with van der Waals surface area (Å²) in [6, 6.07) is 13.7. The molecule has 0 radical (unpaired) electrons. The van der Waals surface area contributed by atoms with Gasteiger partial charge in [-0.2, -0.15) is 4.31 Å². The van der Waals surface area contributed by atoms with Gasteiger partial charge in [0.1, 0.15) is 0 Å². The molecule has 1 aliphatic rings. The molecule has 0 bridgehead atoms. The summed E-state index contributed by atoms with van der Waals surface area (Å²) in [5.74, 6) is 0. The molecule has 134 valence electrons. The molecule has 4 rings (SSSR count). The Labute approximate surface area is 156 Å². The van der Waals surface area contributed by atoms with Gasteiger partial charge < -0.3 is 5.11 Å². The topological polar surface area (TPSA) is 70.5 Å². The lowest BCUT2D eigenvalue weighted by atomic mass is 9.98. The van der Waals surface area contributed by atoms with E-state index >= 15 is 0 Å². The molecule has 0 aliphatic carbocycles. The summed E-state index contributed by atoms with van der Waals surface area (Å²) in [5, 5.41) is 12.9. The molecule has 26 heavy (non-hydrogen) atoms. The van der Waals surface area contributed by atoms with Crippen molar-refractivity contribution in [3.05, 3.63) is 82.3 Å². The number of hydrogen-bond acceptors (Lipinski definition) is 5. The number of sulfonamides is 1. The summed E-state index contributed by atoms with van der Waals surface area (Å²) in [4.78, 5) is 5.30. The number of nitrogens with zero attached hydrogens (tertiary/aromatic N) is 2. The van der Waals surface area contributed by atoms with E-state index in [1.807, 2.05) is 23.6 Å².